The fourth-order valence-electron chi connectivity index (χ4n) is 3.84. The molecule has 246 valence electrons. The Bertz CT molecular complexity index is 1150. The van der Waals surface area contributed by atoms with Crippen molar-refractivity contribution in [3.63, 3.8) is 0 Å². The average molecular weight is 641 g/mol. The molecule has 4 amide bonds. The number of carboxylic acid groups (broad SMARTS) is 1. The molecular formula is C27H44N8O8S. The first-order valence-electron chi connectivity index (χ1n) is 13.9. The molecular weight excluding hydrogens is 596 g/mol. The van der Waals surface area contributed by atoms with Crippen LogP contribution in [0.5, 0.6) is 5.75 Å². The number of phenols is 1. The van der Waals surface area contributed by atoms with Crippen molar-refractivity contribution < 1.29 is 39.3 Å². The van der Waals surface area contributed by atoms with E-state index in [0.29, 0.717) is 11.3 Å². The second kappa shape index (κ2) is 19.2. The number of phenolic OH excluding ortho intramolecular Hbond substituents is 1. The lowest BCUT2D eigenvalue weighted by molar-refractivity contribution is -0.143. The molecule has 1 aromatic rings. The third-order valence-electron chi connectivity index (χ3n) is 6.29. The monoisotopic (exact) mass is 640 g/mol. The van der Waals surface area contributed by atoms with Crippen LogP contribution in [0.1, 0.15) is 38.7 Å². The number of aliphatic hydroxyl groups excluding tert-OH is 1. The number of aliphatic carboxylic acids is 1. The third kappa shape index (κ3) is 13.9. The number of carbonyl (C=O) groups excluding carboxylic acids is 4. The summed E-state index contributed by atoms with van der Waals surface area (Å²) in [4.78, 5) is 67.5. The normalized spacial score (nSPS) is 14.9. The van der Waals surface area contributed by atoms with Crippen LogP contribution in [0.3, 0.4) is 0 Å². The van der Waals surface area contributed by atoms with E-state index in [4.69, 9.17) is 17.2 Å². The van der Waals surface area contributed by atoms with E-state index in [9.17, 15) is 39.3 Å². The van der Waals surface area contributed by atoms with Crippen molar-refractivity contribution in [2.45, 2.75) is 75.8 Å². The maximum absolute atomic E-state index is 13.4. The molecule has 0 saturated carbocycles. The number of benzene rings is 1. The molecule has 44 heavy (non-hydrogen) atoms. The Labute approximate surface area is 260 Å². The first-order valence-corrected chi connectivity index (χ1v) is 15.3. The molecule has 0 heterocycles. The molecule has 13 N–H and O–H groups in total. The number of aliphatic imine (C=N–C) groups is 1. The molecule has 0 fully saturated rings. The molecule has 0 aliphatic carbocycles. The number of rotatable bonds is 19. The number of nitrogens with zero attached hydrogens (tertiary/aromatic N) is 1. The van der Waals surface area contributed by atoms with E-state index in [-0.39, 0.29) is 43.9 Å². The van der Waals surface area contributed by atoms with Gasteiger partial charge in [0.15, 0.2) is 5.96 Å². The van der Waals surface area contributed by atoms with Crippen LogP contribution in [-0.2, 0) is 30.4 Å². The van der Waals surface area contributed by atoms with Gasteiger partial charge in [0.1, 0.15) is 29.9 Å². The lowest BCUT2D eigenvalue weighted by atomic mass is 10.0. The minimum atomic E-state index is -1.55. The van der Waals surface area contributed by atoms with E-state index in [2.05, 4.69) is 26.3 Å². The molecule has 6 atom stereocenters. The van der Waals surface area contributed by atoms with Gasteiger partial charge in [0.05, 0.1) is 12.1 Å². The number of guanidine groups is 1. The molecule has 16 nitrogen and oxygen atoms in total. The third-order valence-corrected chi connectivity index (χ3v) is 6.93. The van der Waals surface area contributed by atoms with Crippen LogP contribution in [0.25, 0.3) is 0 Å². The van der Waals surface area contributed by atoms with Gasteiger partial charge in [-0.2, -0.15) is 11.8 Å². The van der Waals surface area contributed by atoms with Gasteiger partial charge in [-0.1, -0.05) is 12.1 Å². The lowest BCUT2D eigenvalue weighted by Gasteiger charge is -2.27. The summed E-state index contributed by atoms with van der Waals surface area (Å²) in [7, 11) is 0. The van der Waals surface area contributed by atoms with Crippen molar-refractivity contribution in [1.29, 1.82) is 0 Å². The molecule has 0 aliphatic heterocycles. The molecule has 0 saturated heterocycles. The number of carboxylic acids is 1. The Morgan fingerprint density at radius 1 is 0.864 bits per heavy atom. The maximum atomic E-state index is 13.4. The fraction of sp³-hybridized carbons (Fsp3) is 0.556. The van der Waals surface area contributed by atoms with Gasteiger partial charge in [-0.15, -0.1) is 0 Å². The van der Waals surface area contributed by atoms with Crippen molar-refractivity contribution >= 4 is 47.3 Å². The molecule has 0 unspecified atom stereocenters. The molecule has 0 aromatic heterocycles. The Hall–Kier alpha value is -4.09. The van der Waals surface area contributed by atoms with Crippen LogP contribution >= 0.6 is 11.8 Å². The summed E-state index contributed by atoms with van der Waals surface area (Å²) < 4.78 is 0. The van der Waals surface area contributed by atoms with Crippen molar-refractivity contribution in [1.82, 2.24) is 21.3 Å². The zero-order valence-corrected chi connectivity index (χ0v) is 25.8. The topological polar surface area (TPSA) is 285 Å². The zero-order chi connectivity index (χ0) is 33.4. The summed E-state index contributed by atoms with van der Waals surface area (Å²) in [6.45, 7) is 2.82. The highest BCUT2D eigenvalue weighted by atomic mass is 32.2. The number of carbonyl (C=O) groups is 5. The number of aromatic hydroxyl groups is 1. The predicted molar refractivity (Wildman–Crippen MR) is 165 cm³/mol. The van der Waals surface area contributed by atoms with Crippen LogP contribution < -0.4 is 38.5 Å². The standard InChI is InChI=1S/C27H44N8O8S/c1-14(28)22(38)34-20(13-16-6-8-17(37)9-7-16)24(40)32-18(10-12-44-3)23(39)35-21(15(2)36)25(41)33-19(26(42)43)5-4-11-31-27(29)30/h6-9,14-15,18-21,36-37H,4-5,10-13,28H2,1-3H3,(H,32,40)(H,33,41)(H,34,38)(H,35,39)(H,42,43)(H4,29,30,31)/t14-,15+,18-,19-,20-,21-/m0/s1. The SMILES string of the molecule is CSCC[C@H](NC(=O)[C@H](Cc1ccc(O)cc1)NC(=O)[C@H](C)N)C(=O)N[C@H](C(=O)N[C@@H](CCCN=C(N)N)C(=O)O)[C@@H](C)O. The van der Waals surface area contributed by atoms with Crippen molar-refractivity contribution in [2.24, 2.45) is 22.2 Å². The Balaban J connectivity index is 3.10. The number of thioether (sulfide) groups is 1. The fourth-order valence-corrected chi connectivity index (χ4v) is 4.31. The van der Waals surface area contributed by atoms with Crippen LogP contribution in [0.15, 0.2) is 29.3 Å². The Morgan fingerprint density at radius 2 is 1.43 bits per heavy atom. The van der Waals surface area contributed by atoms with Gasteiger partial charge in [0.2, 0.25) is 23.6 Å². The largest absolute Gasteiger partial charge is 0.508 e. The molecule has 17 heteroatoms. The molecule has 0 spiro atoms. The highest BCUT2D eigenvalue weighted by molar-refractivity contribution is 7.98. The summed E-state index contributed by atoms with van der Waals surface area (Å²) in [5.41, 5.74) is 16.8. The summed E-state index contributed by atoms with van der Waals surface area (Å²) in [6.07, 6.45) is 0.704. The number of nitrogens with two attached hydrogens (primary N) is 3. The minimum Gasteiger partial charge on any atom is -0.508 e. The van der Waals surface area contributed by atoms with Gasteiger partial charge in [-0.05, 0) is 62.8 Å². The second-order valence-electron chi connectivity index (χ2n) is 10.1. The predicted octanol–water partition coefficient (Wildman–Crippen LogP) is -2.51. The Morgan fingerprint density at radius 3 is 1.95 bits per heavy atom. The highest BCUT2D eigenvalue weighted by Crippen LogP contribution is 2.12. The second-order valence-corrected chi connectivity index (χ2v) is 11.1. The van der Waals surface area contributed by atoms with E-state index in [1.807, 2.05) is 0 Å². The first kappa shape index (κ1) is 37.9. The maximum Gasteiger partial charge on any atom is 0.326 e. The van der Waals surface area contributed by atoms with Crippen molar-refractivity contribution in [3.05, 3.63) is 29.8 Å². The highest BCUT2D eigenvalue weighted by Gasteiger charge is 2.33. The number of amides is 4. The van der Waals surface area contributed by atoms with Gasteiger partial charge in [-0.25, -0.2) is 4.79 Å². The van der Waals surface area contributed by atoms with Gasteiger partial charge in [0, 0.05) is 13.0 Å². The van der Waals surface area contributed by atoms with Gasteiger partial charge >= 0.3 is 5.97 Å². The van der Waals surface area contributed by atoms with Crippen LogP contribution in [-0.4, -0.2) is 106 Å². The zero-order valence-electron chi connectivity index (χ0n) is 25.0. The van der Waals surface area contributed by atoms with Crippen LogP contribution in [0.4, 0.5) is 0 Å². The van der Waals surface area contributed by atoms with Gasteiger partial charge < -0.3 is 53.8 Å². The van der Waals surface area contributed by atoms with E-state index in [1.54, 1.807) is 18.4 Å². The number of nitrogens with one attached hydrogen (secondary N) is 4. The lowest BCUT2D eigenvalue weighted by Crippen LogP contribution is -2.60. The molecule has 0 radical (unpaired) electrons. The number of hydrogen-bond donors (Lipinski definition) is 10. The number of aliphatic hydroxyl groups is 1. The summed E-state index contributed by atoms with van der Waals surface area (Å²) in [5, 5.41) is 39.3. The molecule has 0 aliphatic rings. The quantitative estimate of drug-likeness (QED) is 0.0426. The number of hydrogen-bond acceptors (Lipinski definition) is 10. The minimum absolute atomic E-state index is 0.0138. The molecule has 1 rings (SSSR count). The summed E-state index contributed by atoms with van der Waals surface area (Å²) >= 11 is 1.40. The van der Waals surface area contributed by atoms with E-state index < -0.39 is 65.9 Å². The Kier molecular flexibility index (Phi) is 16.6. The summed E-state index contributed by atoms with van der Waals surface area (Å²) in [6, 6.07) is -0.170. The molecule has 1 aromatic carbocycles. The van der Waals surface area contributed by atoms with Crippen LogP contribution in [0, 0.1) is 0 Å². The van der Waals surface area contributed by atoms with Gasteiger partial charge in [-0.3, -0.25) is 24.2 Å². The summed E-state index contributed by atoms with van der Waals surface area (Å²) in [5.74, 6) is -4.14. The van der Waals surface area contributed by atoms with E-state index >= 15 is 0 Å². The van der Waals surface area contributed by atoms with Crippen molar-refractivity contribution in [3.8, 4) is 5.75 Å². The average Bonchev–Trinajstić information content (AvgIpc) is 2.95. The first-order chi connectivity index (χ1) is 20.7. The van der Waals surface area contributed by atoms with E-state index in [1.165, 1.54) is 37.7 Å². The van der Waals surface area contributed by atoms with Crippen LogP contribution in [0.2, 0.25) is 0 Å². The van der Waals surface area contributed by atoms with Gasteiger partial charge in [0.25, 0.3) is 0 Å². The van der Waals surface area contributed by atoms with E-state index in [0.717, 1.165) is 0 Å². The smallest absolute Gasteiger partial charge is 0.326 e. The van der Waals surface area contributed by atoms with Crippen molar-refractivity contribution in [2.75, 3.05) is 18.6 Å². The molecule has 0 bridgehead atoms.